The van der Waals surface area contributed by atoms with Gasteiger partial charge in [-0.3, -0.25) is 4.68 Å². The fourth-order valence-electron chi connectivity index (χ4n) is 2.06. The van der Waals surface area contributed by atoms with E-state index in [1.807, 2.05) is 7.05 Å². The number of nitrogens with one attached hydrogen (secondary N) is 1. The predicted octanol–water partition coefficient (Wildman–Crippen LogP) is -1.25. The number of anilines is 1. The molecule has 0 spiro atoms. The first-order valence-electron chi connectivity index (χ1n) is 6.06. The van der Waals surface area contributed by atoms with Gasteiger partial charge in [0.1, 0.15) is 4.90 Å². The summed E-state index contributed by atoms with van der Waals surface area (Å²) in [5.74, 6) is 0.0293. The van der Waals surface area contributed by atoms with E-state index in [1.165, 1.54) is 4.68 Å². The van der Waals surface area contributed by atoms with Crippen molar-refractivity contribution >= 4 is 15.8 Å². The van der Waals surface area contributed by atoms with Crippen molar-refractivity contribution in [3.63, 3.8) is 0 Å². The van der Waals surface area contributed by atoms with Gasteiger partial charge in [-0.15, -0.1) is 4.83 Å². The van der Waals surface area contributed by atoms with Crippen molar-refractivity contribution in [2.75, 3.05) is 39.0 Å². The molecule has 19 heavy (non-hydrogen) atoms. The Balaban J connectivity index is 2.19. The number of sulfonamides is 1. The molecule has 0 saturated carbocycles. The highest BCUT2D eigenvalue weighted by Crippen LogP contribution is 2.21. The third-order valence-electron chi connectivity index (χ3n) is 3.33. The number of nitrogens with zero attached hydrogens (tertiary/aromatic N) is 4. The molecule has 2 rings (SSSR count). The van der Waals surface area contributed by atoms with Gasteiger partial charge in [0.25, 0.3) is 10.0 Å². The van der Waals surface area contributed by atoms with E-state index >= 15 is 0 Å². The van der Waals surface area contributed by atoms with Crippen LogP contribution < -0.4 is 10.6 Å². The van der Waals surface area contributed by atoms with Gasteiger partial charge in [-0.1, -0.05) is 0 Å². The molecule has 9 heteroatoms. The minimum atomic E-state index is -3.67. The van der Waals surface area contributed by atoms with Gasteiger partial charge in [0.2, 0.25) is 0 Å². The monoisotopic (exact) mass is 288 g/mol. The van der Waals surface area contributed by atoms with Gasteiger partial charge >= 0.3 is 0 Å². The van der Waals surface area contributed by atoms with Crippen molar-refractivity contribution < 1.29 is 8.42 Å². The van der Waals surface area contributed by atoms with Crippen molar-refractivity contribution in [3.05, 3.63) is 5.69 Å². The number of hydrogen-bond acceptors (Lipinski definition) is 6. The maximum Gasteiger partial charge on any atom is 0.258 e. The average Bonchev–Trinajstić information content (AvgIpc) is 2.56. The van der Waals surface area contributed by atoms with Gasteiger partial charge < -0.3 is 10.6 Å². The average molecular weight is 288 g/mol. The topological polar surface area (TPSA) is 96.5 Å². The van der Waals surface area contributed by atoms with Crippen LogP contribution in [0.2, 0.25) is 0 Å². The summed E-state index contributed by atoms with van der Waals surface area (Å²) < 4.78 is 26.1. The highest BCUT2D eigenvalue weighted by Gasteiger charge is 2.27. The van der Waals surface area contributed by atoms with Crippen LogP contribution in [-0.4, -0.2) is 61.3 Å². The molecule has 1 aliphatic rings. The highest BCUT2D eigenvalue weighted by atomic mass is 32.2. The standard InChI is InChI=1S/C10H20N6O2S/c1-8-9(10(11)12-15(8)3)19(17,18)13-16-6-4-14(2)5-7-16/h13H,4-7H2,1-3H3,(H2,11,12). The molecule has 1 fully saturated rings. The Hall–Kier alpha value is -1.16. The largest absolute Gasteiger partial charge is 0.381 e. The number of rotatable bonds is 3. The van der Waals surface area contributed by atoms with Crippen molar-refractivity contribution in [2.24, 2.45) is 7.05 Å². The summed E-state index contributed by atoms with van der Waals surface area (Å²) in [7, 11) is 0.00743. The molecule has 2 heterocycles. The van der Waals surface area contributed by atoms with Gasteiger partial charge in [0.05, 0.1) is 5.69 Å². The normalized spacial score (nSPS) is 18.9. The quantitative estimate of drug-likeness (QED) is 0.721. The van der Waals surface area contributed by atoms with E-state index in [2.05, 4.69) is 14.8 Å². The summed E-state index contributed by atoms with van der Waals surface area (Å²) in [5, 5.41) is 5.63. The summed E-state index contributed by atoms with van der Waals surface area (Å²) in [6, 6.07) is 0. The third-order valence-corrected chi connectivity index (χ3v) is 4.87. The van der Waals surface area contributed by atoms with Crippen LogP contribution in [-0.2, 0) is 17.1 Å². The Labute approximate surface area is 113 Å². The summed E-state index contributed by atoms with van der Waals surface area (Å²) in [6.07, 6.45) is 0. The molecule has 1 saturated heterocycles. The van der Waals surface area contributed by atoms with Crippen LogP contribution in [0.1, 0.15) is 5.69 Å². The number of aryl methyl sites for hydroxylation is 1. The van der Waals surface area contributed by atoms with Crippen LogP contribution in [0.4, 0.5) is 5.82 Å². The number of hydrazine groups is 1. The summed E-state index contributed by atoms with van der Waals surface area (Å²) in [5.41, 5.74) is 6.20. The first-order valence-corrected chi connectivity index (χ1v) is 7.54. The molecule has 0 aliphatic carbocycles. The lowest BCUT2D eigenvalue weighted by Crippen LogP contribution is -2.52. The second-order valence-corrected chi connectivity index (χ2v) is 6.41. The van der Waals surface area contributed by atoms with Crippen LogP contribution in [0.5, 0.6) is 0 Å². The van der Waals surface area contributed by atoms with Gasteiger partial charge in [-0.05, 0) is 14.0 Å². The molecular weight excluding hydrogens is 268 g/mol. The number of likely N-dealkylation sites (N-methyl/N-ethyl adjacent to an activating group) is 1. The van der Waals surface area contributed by atoms with Crippen molar-refractivity contribution in [1.29, 1.82) is 0 Å². The van der Waals surface area contributed by atoms with Crippen molar-refractivity contribution in [2.45, 2.75) is 11.8 Å². The molecule has 3 N–H and O–H groups in total. The third kappa shape index (κ3) is 2.89. The van der Waals surface area contributed by atoms with E-state index in [0.717, 1.165) is 13.1 Å². The summed E-state index contributed by atoms with van der Waals surface area (Å²) in [4.78, 5) is 4.78. The number of nitrogens with two attached hydrogens (primary N) is 1. The van der Waals surface area contributed by atoms with Gasteiger partial charge in [0, 0.05) is 33.2 Å². The molecule has 1 aliphatic heterocycles. The summed E-state index contributed by atoms with van der Waals surface area (Å²) >= 11 is 0. The lowest BCUT2D eigenvalue weighted by atomic mass is 10.4. The maximum atomic E-state index is 12.3. The molecule has 0 atom stereocenters. The molecule has 0 aromatic carbocycles. The maximum absolute atomic E-state index is 12.3. The SMILES string of the molecule is Cc1c(S(=O)(=O)NN2CCN(C)CC2)c(N)nn1C. The zero-order chi connectivity index (χ0) is 14.2. The molecule has 0 unspecified atom stereocenters. The zero-order valence-corrected chi connectivity index (χ0v) is 12.2. The van der Waals surface area contributed by atoms with E-state index in [9.17, 15) is 8.42 Å². The van der Waals surface area contributed by atoms with Crippen molar-refractivity contribution in [1.82, 2.24) is 24.5 Å². The second-order valence-electron chi connectivity index (χ2n) is 4.81. The highest BCUT2D eigenvalue weighted by molar-refractivity contribution is 7.89. The molecule has 108 valence electrons. The minimum Gasteiger partial charge on any atom is -0.381 e. The van der Waals surface area contributed by atoms with Crippen LogP contribution in [0.3, 0.4) is 0 Å². The predicted molar refractivity (Wildman–Crippen MR) is 71.7 cm³/mol. The number of aromatic nitrogens is 2. The molecule has 1 aromatic rings. The van der Waals surface area contributed by atoms with E-state index in [4.69, 9.17) is 5.73 Å². The fraction of sp³-hybridized carbons (Fsp3) is 0.700. The Bertz CT molecular complexity index is 559. The smallest absolute Gasteiger partial charge is 0.258 e. The summed E-state index contributed by atoms with van der Waals surface area (Å²) in [6.45, 7) is 4.62. The molecule has 0 bridgehead atoms. The van der Waals surface area contributed by atoms with E-state index in [1.54, 1.807) is 19.0 Å². The van der Waals surface area contributed by atoms with Crippen LogP contribution in [0.15, 0.2) is 4.90 Å². The Kier molecular flexibility index (Phi) is 3.81. The minimum absolute atomic E-state index is 0.0293. The van der Waals surface area contributed by atoms with E-state index in [0.29, 0.717) is 18.8 Å². The Morgan fingerprint density at radius 1 is 1.21 bits per heavy atom. The Morgan fingerprint density at radius 2 is 1.79 bits per heavy atom. The van der Waals surface area contributed by atoms with Gasteiger partial charge in [-0.25, -0.2) is 13.4 Å². The molecule has 0 amide bonds. The van der Waals surface area contributed by atoms with Gasteiger partial charge in [0.15, 0.2) is 5.82 Å². The first kappa shape index (κ1) is 14.3. The second kappa shape index (κ2) is 5.08. The Morgan fingerprint density at radius 3 is 2.26 bits per heavy atom. The lowest BCUT2D eigenvalue weighted by molar-refractivity contribution is 0.135. The van der Waals surface area contributed by atoms with Crippen LogP contribution in [0.25, 0.3) is 0 Å². The van der Waals surface area contributed by atoms with Crippen molar-refractivity contribution in [3.8, 4) is 0 Å². The lowest BCUT2D eigenvalue weighted by Gasteiger charge is -2.32. The number of hydrogen-bond donors (Lipinski definition) is 2. The molecule has 0 radical (unpaired) electrons. The van der Waals surface area contributed by atoms with Crippen LogP contribution in [0, 0.1) is 6.92 Å². The molecular formula is C10H20N6O2S. The first-order chi connectivity index (χ1) is 8.81. The number of nitrogen functional groups attached to an aromatic ring is 1. The zero-order valence-electron chi connectivity index (χ0n) is 11.4. The van der Waals surface area contributed by atoms with E-state index < -0.39 is 10.0 Å². The van der Waals surface area contributed by atoms with E-state index in [-0.39, 0.29) is 10.7 Å². The fourth-order valence-corrected chi connectivity index (χ4v) is 3.51. The van der Waals surface area contributed by atoms with Crippen LogP contribution >= 0.6 is 0 Å². The number of piperazine rings is 1. The van der Waals surface area contributed by atoms with Gasteiger partial charge in [-0.2, -0.15) is 5.10 Å². The molecule has 1 aromatic heterocycles. The molecule has 8 nitrogen and oxygen atoms in total.